The maximum absolute atomic E-state index is 15.1. The maximum atomic E-state index is 15.1. The Morgan fingerprint density at radius 3 is 1.96 bits per heavy atom. The second-order valence-corrected chi connectivity index (χ2v) is 33.8. The van der Waals surface area contributed by atoms with Crippen molar-refractivity contribution in [2.24, 2.45) is 5.92 Å². The summed E-state index contributed by atoms with van der Waals surface area (Å²) in [5.41, 5.74) is 3.56. The van der Waals surface area contributed by atoms with Crippen LogP contribution >= 0.6 is 0 Å². The van der Waals surface area contributed by atoms with Gasteiger partial charge in [0.1, 0.15) is 0 Å². The molecular weight excluding hydrogens is 741 g/mol. The van der Waals surface area contributed by atoms with Crippen molar-refractivity contribution in [1.29, 1.82) is 0 Å². The van der Waals surface area contributed by atoms with E-state index in [0.29, 0.717) is 6.42 Å². The van der Waals surface area contributed by atoms with Gasteiger partial charge in [0.15, 0.2) is 0 Å². The molecule has 282 valence electrons. The molecule has 0 saturated carbocycles. The van der Waals surface area contributed by atoms with E-state index in [1.54, 1.807) is 3.59 Å². The molecule has 50 heavy (non-hydrogen) atoms. The van der Waals surface area contributed by atoms with Crippen LogP contribution in [0.25, 0.3) is 0 Å². The molecule has 1 saturated heterocycles. The summed E-state index contributed by atoms with van der Waals surface area (Å²) in [7, 11) is -2.16. The second-order valence-electron chi connectivity index (χ2n) is 15.3. The quantitative estimate of drug-likeness (QED) is 0.0770. The van der Waals surface area contributed by atoms with E-state index in [2.05, 4.69) is 99.6 Å². The number of hydrogen-bond acceptors (Lipinski definition) is 4. The first-order valence-electron chi connectivity index (χ1n) is 20.2. The Morgan fingerprint density at radius 2 is 1.46 bits per heavy atom. The first kappa shape index (κ1) is 44.5. The number of carbonyl (C=O) groups excluding carboxylic acids is 2. The van der Waals surface area contributed by atoms with Crippen LogP contribution in [-0.4, -0.2) is 62.3 Å². The van der Waals surface area contributed by atoms with E-state index in [4.69, 9.17) is 9.16 Å². The first-order chi connectivity index (χ1) is 23.9. The van der Waals surface area contributed by atoms with E-state index in [1.807, 2.05) is 18.2 Å². The van der Waals surface area contributed by atoms with Crippen molar-refractivity contribution in [3.8, 4) is 0 Å². The van der Waals surface area contributed by atoms with Gasteiger partial charge in [-0.2, -0.15) is 0 Å². The standard InChI is InChI=1S/C31H46NO4Si.3C4H9.Sn/c1-8-16-29(36-37(9-2,10-3)11-4)28(21-25(7)18-15-17-24(5)6)30(33)32-27(23-35-31(32)34)22-26-19-13-12-14-20-26;3*1-3-4-2;/h12-14,16-17,19-21,27-29H,9-11,15,18,22-23H2,1-7H3;3*1,3-4H2,2H3;/b16-8?,25-21+;;;;/t27-,28-,29-;;;;/m0..../s1. The Balaban J connectivity index is 2.82. The van der Waals surface area contributed by atoms with Gasteiger partial charge in [0.25, 0.3) is 0 Å². The van der Waals surface area contributed by atoms with E-state index >= 15 is 4.79 Å². The molecule has 7 heteroatoms. The third-order valence-corrected chi connectivity index (χ3v) is 32.4. The molecule has 0 spiro atoms. The molecule has 1 fully saturated rings. The number of rotatable bonds is 24. The van der Waals surface area contributed by atoms with E-state index in [-0.39, 0.29) is 18.6 Å². The van der Waals surface area contributed by atoms with Gasteiger partial charge in [0.2, 0.25) is 0 Å². The molecule has 0 radical (unpaired) electrons. The van der Waals surface area contributed by atoms with Crippen molar-refractivity contribution < 1.29 is 18.8 Å². The van der Waals surface area contributed by atoms with Crippen molar-refractivity contribution in [3.05, 3.63) is 68.9 Å². The van der Waals surface area contributed by atoms with Gasteiger partial charge >= 0.3 is 314 Å². The fourth-order valence-electron chi connectivity index (χ4n) is 7.65. The number of carbonyl (C=O) groups is 2. The molecule has 3 atom stereocenters. The van der Waals surface area contributed by atoms with Crippen molar-refractivity contribution in [2.45, 2.75) is 171 Å². The average molecular weight is 815 g/mol. The second kappa shape index (κ2) is 23.1. The molecule has 5 nitrogen and oxygen atoms in total. The number of nitrogens with zero attached hydrogens (tertiary/aromatic N) is 1. The monoisotopic (exact) mass is 815 g/mol. The summed E-state index contributed by atoms with van der Waals surface area (Å²) < 4.78 is 18.8. The van der Waals surface area contributed by atoms with Gasteiger partial charge in [-0.05, 0) is 0 Å². The molecule has 0 bridgehead atoms. The van der Waals surface area contributed by atoms with Gasteiger partial charge in [-0.15, -0.1) is 0 Å². The number of ether oxygens (including phenoxy) is 1. The van der Waals surface area contributed by atoms with Crippen LogP contribution in [0, 0.1) is 5.92 Å². The van der Waals surface area contributed by atoms with E-state index in [1.165, 1.54) is 67.9 Å². The third kappa shape index (κ3) is 13.4. The zero-order valence-corrected chi connectivity index (χ0v) is 37.6. The topological polar surface area (TPSA) is 55.8 Å². The number of allylic oxidation sites excluding steroid dienone is 4. The summed E-state index contributed by atoms with van der Waals surface area (Å²) in [6.07, 6.45) is 15.8. The summed E-state index contributed by atoms with van der Waals surface area (Å²) >= 11 is -2.83. The Kier molecular flexibility index (Phi) is 20.6. The Morgan fingerprint density at radius 1 is 0.900 bits per heavy atom. The average Bonchev–Trinajstić information content (AvgIpc) is 3.47. The molecule has 0 aliphatic carbocycles. The molecular formula is C43H73NO4SiSn. The SMILES string of the molecule is CCC[CH2][Sn]([CH2]CCC)([CH2]CCC)/[C](C)=C/[C@H](O[Si](CC)(CC)CC)[C@H](/C=C(\C)CCC=C(C)C)C(=O)N1C(=O)OC[C@@H]1Cc1ccccc1. The van der Waals surface area contributed by atoms with Crippen LogP contribution in [0.5, 0.6) is 0 Å². The molecule has 0 N–H and O–H groups in total. The van der Waals surface area contributed by atoms with E-state index in [0.717, 1.165) is 36.5 Å². The molecule has 1 aliphatic heterocycles. The molecule has 0 unspecified atom stereocenters. The van der Waals surface area contributed by atoms with Gasteiger partial charge in [-0.25, -0.2) is 0 Å². The van der Waals surface area contributed by atoms with Crippen LogP contribution in [0.1, 0.15) is 126 Å². The van der Waals surface area contributed by atoms with Crippen molar-refractivity contribution in [1.82, 2.24) is 4.90 Å². The van der Waals surface area contributed by atoms with Gasteiger partial charge in [0.05, 0.1) is 0 Å². The van der Waals surface area contributed by atoms with Crippen LogP contribution < -0.4 is 0 Å². The number of imide groups is 1. The van der Waals surface area contributed by atoms with Gasteiger partial charge in [0, 0.05) is 0 Å². The number of amides is 2. The summed E-state index contributed by atoms with van der Waals surface area (Å²) in [4.78, 5) is 30.0. The van der Waals surface area contributed by atoms with Crippen molar-refractivity contribution in [2.75, 3.05) is 6.61 Å². The predicted molar refractivity (Wildman–Crippen MR) is 219 cm³/mol. The predicted octanol–water partition coefficient (Wildman–Crippen LogP) is 12.6. The van der Waals surface area contributed by atoms with Crippen LogP contribution in [-0.2, 0) is 20.4 Å². The molecule has 1 aromatic rings. The number of unbranched alkanes of at least 4 members (excludes halogenated alkanes) is 3. The van der Waals surface area contributed by atoms with Gasteiger partial charge in [-0.3, -0.25) is 0 Å². The number of benzene rings is 1. The van der Waals surface area contributed by atoms with Gasteiger partial charge in [-0.1, -0.05) is 0 Å². The van der Waals surface area contributed by atoms with Crippen molar-refractivity contribution in [3.63, 3.8) is 0 Å². The molecule has 2 amide bonds. The van der Waals surface area contributed by atoms with Crippen LogP contribution in [0.4, 0.5) is 4.79 Å². The molecule has 1 aromatic carbocycles. The summed E-state index contributed by atoms with van der Waals surface area (Å²) in [5.74, 6) is -0.767. The minimum atomic E-state index is -2.83. The number of hydrogen-bond donors (Lipinski definition) is 0. The zero-order chi connectivity index (χ0) is 37.2. The molecule has 1 heterocycles. The Labute approximate surface area is 312 Å². The fourth-order valence-corrected chi connectivity index (χ4v) is 26.3. The normalized spacial score (nSPS) is 17.1. The van der Waals surface area contributed by atoms with Crippen LogP contribution in [0.15, 0.2) is 63.3 Å². The summed E-state index contributed by atoms with van der Waals surface area (Å²) in [6, 6.07) is 12.8. The third-order valence-electron chi connectivity index (χ3n) is 11.3. The molecule has 0 aromatic heterocycles. The van der Waals surface area contributed by atoms with Crippen molar-refractivity contribution >= 4 is 38.7 Å². The first-order valence-corrected chi connectivity index (χ1v) is 30.2. The van der Waals surface area contributed by atoms with Crippen LogP contribution in [0.2, 0.25) is 31.4 Å². The summed E-state index contributed by atoms with van der Waals surface area (Å²) in [5, 5.41) is 0. The number of cyclic esters (lactones) is 1. The van der Waals surface area contributed by atoms with Gasteiger partial charge < -0.3 is 0 Å². The van der Waals surface area contributed by atoms with E-state index in [9.17, 15) is 4.79 Å². The Bertz CT molecular complexity index is 1220. The Hall–Kier alpha value is -1.64. The summed E-state index contributed by atoms with van der Waals surface area (Å²) in [6.45, 7) is 22.8. The molecule has 2 rings (SSSR count). The minimum absolute atomic E-state index is 0.174. The fraction of sp³-hybridized carbons (Fsp3) is 0.674. The zero-order valence-electron chi connectivity index (χ0n) is 33.7. The molecule has 1 aliphatic rings. The van der Waals surface area contributed by atoms with Crippen LogP contribution in [0.3, 0.4) is 0 Å². The van der Waals surface area contributed by atoms with E-state index < -0.39 is 44.8 Å².